The summed E-state index contributed by atoms with van der Waals surface area (Å²) in [7, 11) is 1.65. The SMILES string of the molecule is COc1cccc(C2=NOC3(CCN(OC(=O)Nc4ccc(C)cc4)CC3)C2)c1. The summed E-state index contributed by atoms with van der Waals surface area (Å²) >= 11 is 0. The number of piperidine rings is 1. The van der Waals surface area contributed by atoms with Gasteiger partial charge in [0.25, 0.3) is 0 Å². The number of ether oxygens (including phenoxy) is 1. The lowest BCUT2D eigenvalue weighted by molar-refractivity contribution is -0.154. The number of hydroxylamine groups is 2. The molecule has 1 fully saturated rings. The van der Waals surface area contributed by atoms with Crippen LogP contribution in [0.1, 0.15) is 30.4 Å². The van der Waals surface area contributed by atoms with Crippen LogP contribution in [0.5, 0.6) is 5.75 Å². The van der Waals surface area contributed by atoms with Crippen LogP contribution in [-0.2, 0) is 9.68 Å². The van der Waals surface area contributed by atoms with Crippen molar-refractivity contribution in [1.29, 1.82) is 0 Å². The Morgan fingerprint density at radius 1 is 1.17 bits per heavy atom. The van der Waals surface area contributed by atoms with Crippen LogP contribution in [-0.4, -0.2) is 42.7 Å². The van der Waals surface area contributed by atoms with E-state index >= 15 is 0 Å². The second-order valence-electron chi connectivity index (χ2n) is 7.52. The number of amides is 1. The number of anilines is 1. The van der Waals surface area contributed by atoms with Crippen LogP contribution in [0, 0.1) is 6.92 Å². The van der Waals surface area contributed by atoms with Gasteiger partial charge in [-0.2, -0.15) is 0 Å². The molecule has 1 amide bonds. The highest BCUT2D eigenvalue weighted by Crippen LogP contribution is 2.36. The lowest BCUT2D eigenvalue weighted by Crippen LogP contribution is -2.45. The maximum atomic E-state index is 12.1. The third-order valence-electron chi connectivity index (χ3n) is 5.39. The van der Waals surface area contributed by atoms with Gasteiger partial charge >= 0.3 is 6.09 Å². The number of rotatable bonds is 4. The van der Waals surface area contributed by atoms with E-state index in [2.05, 4.69) is 10.5 Å². The Morgan fingerprint density at radius 2 is 1.93 bits per heavy atom. The van der Waals surface area contributed by atoms with Crippen LogP contribution in [0.25, 0.3) is 0 Å². The Bertz CT molecular complexity index is 903. The molecule has 2 aromatic rings. The highest BCUT2D eigenvalue weighted by atomic mass is 16.7. The molecule has 0 aliphatic carbocycles. The highest BCUT2D eigenvalue weighted by Gasteiger charge is 2.43. The van der Waals surface area contributed by atoms with E-state index in [1.807, 2.05) is 55.5 Å². The fourth-order valence-corrected chi connectivity index (χ4v) is 3.63. The van der Waals surface area contributed by atoms with E-state index in [0.717, 1.165) is 41.9 Å². The second-order valence-corrected chi connectivity index (χ2v) is 7.52. The Hall–Kier alpha value is -3.06. The number of carbonyl (C=O) groups is 1. The molecule has 1 N–H and O–H groups in total. The van der Waals surface area contributed by atoms with Gasteiger partial charge in [0, 0.05) is 43.6 Å². The van der Waals surface area contributed by atoms with Gasteiger partial charge in [-0.1, -0.05) is 35.0 Å². The molecule has 0 unspecified atom stereocenters. The Labute approximate surface area is 170 Å². The van der Waals surface area contributed by atoms with Crippen LogP contribution in [0.3, 0.4) is 0 Å². The normalized spacial score (nSPS) is 18.1. The molecule has 2 aromatic carbocycles. The van der Waals surface area contributed by atoms with E-state index in [1.165, 1.54) is 0 Å². The number of benzene rings is 2. The fourth-order valence-electron chi connectivity index (χ4n) is 3.63. The molecule has 7 nitrogen and oxygen atoms in total. The Balaban J connectivity index is 1.28. The molecule has 2 heterocycles. The topological polar surface area (TPSA) is 72.4 Å². The number of oxime groups is 1. The van der Waals surface area contributed by atoms with Gasteiger partial charge in [0.2, 0.25) is 0 Å². The molecule has 1 saturated heterocycles. The van der Waals surface area contributed by atoms with Crippen molar-refractivity contribution in [2.24, 2.45) is 5.16 Å². The summed E-state index contributed by atoms with van der Waals surface area (Å²) < 4.78 is 5.29. The number of carbonyl (C=O) groups excluding carboxylic acids is 1. The smallest absolute Gasteiger partial charge is 0.430 e. The third kappa shape index (κ3) is 4.51. The third-order valence-corrected chi connectivity index (χ3v) is 5.39. The van der Waals surface area contributed by atoms with Crippen molar-refractivity contribution in [3.63, 3.8) is 0 Å². The predicted molar refractivity (Wildman–Crippen MR) is 110 cm³/mol. The maximum absolute atomic E-state index is 12.1. The van der Waals surface area contributed by atoms with Gasteiger partial charge in [-0.05, 0) is 31.2 Å². The first-order valence-electron chi connectivity index (χ1n) is 9.75. The van der Waals surface area contributed by atoms with Crippen molar-refractivity contribution in [3.8, 4) is 5.75 Å². The summed E-state index contributed by atoms with van der Waals surface area (Å²) in [6.45, 7) is 3.20. The molecule has 0 atom stereocenters. The van der Waals surface area contributed by atoms with Crippen molar-refractivity contribution in [1.82, 2.24) is 5.06 Å². The van der Waals surface area contributed by atoms with Crippen molar-refractivity contribution in [2.45, 2.75) is 31.8 Å². The van der Waals surface area contributed by atoms with Crippen LogP contribution in [0.4, 0.5) is 10.5 Å². The van der Waals surface area contributed by atoms with Gasteiger partial charge in [-0.25, -0.2) is 4.79 Å². The minimum atomic E-state index is -0.481. The lowest BCUT2D eigenvalue weighted by Gasteiger charge is -2.35. The molecule has 7 heteroatoms. The molecule has 0 radical (unpaired) electrons. The number of nitrogens with one attached hydrogen (secondary N) is 1. The Kier molecular flexibility index (Phi) is 5.40. The molecular weight excluding hydrogens is 370 g/mol. The highest BCUT2D eigenvalue weighted by molar-refractivity contribution is 6.02. The molecule has 0 bridgehead atoms. The van der Waals surface area contributed by atoms with Crippen LogP contribution in [0.15, 0.2) is 53.7 Å². The summed E-state index contributed by atoms with van der Waals surface area (Å²) in [6.07, 6.45) is 1.73. The van der Waals surface area contributed by atoms with E-state index in [-0.39, 0.29) is 5.60 Å². The van der Waals surface area contributed by atoms with Gasteiger partial charge in [0.1, 0.15) is 11.4 Å². The molecule has 0 aromatic heterocycles. The molecule has 29 heavy (non-hydrogen) atoms. The molecule has 0 saturated carbocycles. The maximum Gasteiger partial charge on any atom is 0.430 e. The van der Waals surface area contributed by atoms with E-state index in [9.17, 15) is 4.79 Å². The number of methoxy groups -OCH3 is 1. The summed E-state index contributed by atoms with van der Waals surface area (Å²) in [6, 6.07) is 15.4. The monoisotopic (exact) mass is 395 g/mol. The van der Waals surface area contributed by atoms with E-state index in [0.29, 0.717) is 18.8 Å². The minimum Gasteiger partial charge on any atom is -0.497 e. The number of hydrogen-bond donors (Lipinski definition) is 1. The molecular formula is C22H25N3O4. The first-order chi connectivity index (χ1) is 14.0. The van der Waals surface area contributed by atoms with Crippen LogP contribution >= 0.6 is 0 Å². The quantitative estimate of drug-likeness (QED) is 0.843. The molecule has 2 aliphatic rings. The largest absolute Gasteiger partial charge is 0.497 e. The van der Waals surface area contributed by atoms with Crippen molar-refractivity contribution < 1.29 is 19.2 Å². The fraction of sp³-hybridized carbons (Fsp3) is 0.364. The summed E-state index contributed by atoms with van der Waals surface area (Å²) in [5, 5.41) is 8.76. The molecule has 152 valence electrons. The van der Waals surface area contributed by atoms with Gasteiger partial charge in [0.15, 0.2) is 0 Å². The summed E-state index contributed by atoms with van der Waals surface area (Å²) in [5.74, 6) is 0.800. The number of nitrogens with zero attached hydrogens (tertiary/aromatic N) is 2. The zero-order valence-corrected chi connectivity index (χ0v) is 16.7. The zero-order valence-electron chi connectivity index (χ0n) is 16.7. The van der Waals surface area contributed by atoms with E-state index < -0.39 is 6.09 Å². The number of hydrogen-bond acceptors (Lipinski definition) is 6. The second kappa shape index (κ2) is 8.13. The Morgan fingerprint density at radius 3 is 2.66 bits per heavy atom. The minimum absolute atomic E-state index is 0.328. The van der Waals surface area contributed by atoms with Crippen LogP contribution in [0.2, 0.25) is 0 Å². The molecule has 1 spiro atoms. The summed E-state index contributed by atoms with van der Waals surface area (Å²) in [5.41, 5.74) is 3.46. The molecule has 2 aliphatic heterocycles. The predicted octanol–water partition coefficient (Wildman–Crippen LogP) is 4.13. The lowest BCUT2D eigenvalue weighted by atomic mass is 9.86. The van der Waals surface area contributed by atoms with Gasteiger partial charge in [0.05, 0.1) is 12.8 Å². The van der Waals surface area contributed by atoms with Crippen molar-refractivity contribution in [2.75, 3.05) is 25.5 Å². The van der Waals surface area contributed by atoms with Crippen molar-refractivity contribution >= 4 is 17.5 Å². The van der Waals surface area contributed by atoms with E-state index in [1.54, 1.807) is 12.2 Å². The average molecular weight is 395 g/mol. The van der Waals surface area contributed by atoms with Crippen LogP contribution < -0.4 is 10.1 Å². The van der Waals surface area contributed by atoms with E-state index in [4.69, 9.17) is 14.4 Å². The first kappa shape index (κ1) is 19.3. The van der Waals surface area contributed by atoms with Gasteiger partial charge < -0.3 is 14.4 Å². The van der Waals surface area contributed by atoms with Crippen molar-refractivity contribution in [3.05, 3.63) is 59.7 Å². The van der Waals surface area contributed by atoms with Gasteiger partial charge in [-0.3, -0.25) is 5.32 Å². The number of aryl methyl sites for hydroxylation is 1. The average Bonchev–Trinajstić information content (AvgIpc) is 3.15. The standard InChI is InChI=1S/C22H25N3O4/c1-16-6-8-18(9-7-16)23-21(26)28-25-12-10-22(11-13-25)15-20(24-29-22)17-4-3-5-19(14-17)27-2/h3-9,14H,10-13,15H2,1-2H3,(H,23,26). The zero-order chi connectivity index (χ0) is 20.3. The first-order valence-corrected chi connectivity index (χ1v) is 9.75. The molecule has 4 rings (SSSR count). The summed E-state index contributed by atoms with van der Waals surface area (Å²) in [4.78, 5) is 23.4. The van der Waals surface area contributed by atoms with Gasteiger partial charge in [-0.15, -0.1) is 5.06 Å².